The molecule has 4 rings (SSSR count). The molecule has 1 saturated heterocycles. The maximum absolute atomic E-state index is 14.3. The van der Waals surface area contributed by atoms with Gasteiger partial charge in [-0.05, 0) is 49.8 Å². The van der Waals surface area contributed by atoms with Crippen LogP contribution in [0.1, 0.15) is 57.4 Å². The van der Waals surface area contributed by atoms with Crippen molar-refractivity contribution in [3.05, 3.63) is 108 Å². The molecule has 0 aliphatic carbocycles. The van der Waals surface area contributed by atoms with Gasteiger partial charge >= 0.3 is 6.09 Å². The molecule has 0 bridgehead atoms. The van der Waals surface area contributed by atoms with Gasteiger partial charge < -0.3 is 4.74 Å². The van der Waals surface area contributed by atoms with Crippen LogP contribution in [0.25, 0.3) is 0 Å². The van der Waals surface area contributed by atoms with Crippen molar-refractivity contribution in [1.29, 1.82) is 0 Å². The SMILES string of the molecule is CC(C)[C@@H]1N(C(=O)[C@H](Cc2ccccc2)CN(Cc2ccccc2)[C@@H](C)c2ccccc2)C(=O)OC1(C)C. The minimum atomic E-state index is -0.737. The van der Waals surface area contributed by atoms with E-state index in [1.165, 1.54) is 16.0 Å². The standard InChI is InChI=1S/C33H40N2O3/c1-24(2)30-33(4,5)38-32(37)35(30)31(36)29(21-26-15-9-6-10-16-26)23-34(22-27-17-11-7-12-18-27)25(3)28-19-13-8-14-20-28/h6-20,24-25,29-30H,21-23H2,1-5H3/t25-,29+,30-/m0/s1. The third-order valence-corrected chi connectivity index (χ3v) is 7.59. The van der Waals surface area contributed by atoms with Crippen molar-refractivity contribution in [2.75, 3.05) is 6.54 Å². The van der Waals surface area contributed by atoms with Crippen LogP contribution in [0.4, 0.5) is 4.79 Å². The monoisotopic (exact) mass is 512 g/mol. The molecular weight excluding hydrogens is 472 g/mol. The largest absolute Gasteiger partial charge is 0.441 e. The quantitative estimate of drug-likeness (QED) is 0.297. The number of hydrogen-bond acceptors (Lipinski definition) is 4. The normalized spacial score (nSPS) is 18.4. The highest BCUT2D eigenvalue weighted by Crippen LogP contribution is 2.36. The molecule has 0 unspecified atom stereocenters. The van der Waals surface area contributed by atoms with Crippen molar-refractivity contribution in [2.24, 2.45) is 11.8 Å². The minimum Gasteiger partial charge on any atom is -0.441 e. The van der Waals surface area contributed by atoms with Gasteiger partial charge in [-0.2, -0.15) is 0 Å². The molecule has 2 amide bonds. The summed E-state index contributed by atoms with van der Waals surface area (Å²) < 4.78 is 5.73. The number of rotatable bonds is 10. The van der Waals surface area contributed by atoms with Gasteiger partial charge in [-0.25, -0.2) is 9.69 Å². The maximum Gasteiger partial charge on any atom is 0.417 e. The van der Waals surface area contributed by atoms with Gasteiger partial charge in [0.15, 0.2) is 0 Å². The second kappa shape index (κ2) is 12.0. The number of carbonyl (C=O) groups excluding carboxylic acids is 2. The summed E-state index contributed by atoms with van der Waals surface area (Å²) in [5.41, 5.74) is 2.71. The second-order valence-electron chi connectivity index (χ2n) is 11.3. The molecule has 0 aromatic heterocycles. The molecule has 3 aromatic rings. The summed E-state index contributed by atoms with van der Waals surface area (Å²) in [4.78, 5) is 31.2. The van der Waals surface area contributed by atoms with Crippen LogP contribution in [-0.4, -0.2) is 40.0 Å². The van der Waals surface area contributed by atoms with E-state index >= 15 is 0 Å². The van der Waals surface area contributed by atoms with Crippen LogP contribution in [0, 0.1) is 11.8 Å². The lowest BCUT2D eigenvalue weighted by molar-refractivity contribution is -0.135. The summed E-state index contributed by atoms with van der Waals surface area (Å²) >= 11 is 0. The molecule has 1 aliphatic rings. The predicted molar refractivity (Wildman–Crippen MR) is 151 cm³/mol. The highest BCUT2D eigenvalue weighted by molar-refractivity contribution is 5.95. The Morgan fingerprint density at radius 3 is 1.95 bits per heavy atom. The number of carbonyl (C=O) groups is 2. The van der Waals surface area contributed by atoms with Gasteiger partial charge in [0.05, 0.1) is 12.0 Å². The molecule has 3 atom stereocenters. The molecule has 5 heteroatoms. The Labute approximate surface area is 227 Å². The highest BCUT2D eigenvalue weighted by Gasteiger charge is 2.53. The first-order chi connectivity index (χ1) is 18.2. The highest BCUT2D eigenvalue weighted by atomic mass is 16.6. The van der Waals surface area contributed by atoms with Crippen molar-refractivity contribution >= 4 is 12.0 Å². The number of nitrogens with zero attached hydrogens (tertiary/aromatic N) is 2. The molecule has 1 aliphatic heterocycles. The number of cyclic esters (lactones) is 1. The Balaban J connectivity index is 1.70. The van der Waals surface area contributed by atoms with E-state index in [0.717, 1.165) is 5.56 Å². The van der Waals surface area contributed by atoms with Crippen LogP contribution in [-0.2, 0) is 22.5 Å². The minimum absolute atomic E-state index is 0.0708. The maximum atomic E-state index is 14.3. The Bertz CT molecular complexity index is 1190. The fourth-order valence-corrected chi connectivity index (χ4v) is 5.82. The number of benzene rings is 3. The summed E-state index contributed by atoms with van der Waals surface area (Å²) in [6, 6.07) is 30.5. The molecule has 5 nitrogen and oxygen atoms in total. The summed E-state index contributed by atoms with van der Waals surface area (Å²) in [6.07, 6.45) is 0.00378. The Morgan fingerprint density at radius 2 is 1.39 bits per heavy atom. The molecule has 38 heavy (non-hydrogen) atoms. The van der Waals surface area contributed by atoms with E-state index in [-0.39, 0.29) is 23.9 Å². The zero-order valence-electron chi connectivity index (χ0n) is 23.2. The average Bonchev–Trinajstić information content (AvgIpc) is 3.16. The fraction of sp³-hybridized carbons (Fsp3) is 0.394. The van der Waals surface area contributed by atoms with Crippen LogP contribution in [0.2, 0.25) is 0 Å². The zero-order chi connectivity index (χ0) is 27.3. The van der Waals surface area contributed by atoms with Gasteiger partial charge in [-0.3, -0.25) is 9.69 Å². The molecule has 0 saturated carbocycles. The first-order valence-electron chi connectivity index (χ1n) is 13.6. The van der Waals surface area contributed by atoms with Crippen LogP contribution in [0.15, 0.2) is 91.0 Å². The van der Waals surface area contributed by atoms with Crippen LogP contribution in [0.5, 0.6) is 0 Å². The molecule has 1 fully saturated rings. The molecule has 1 heterocycles. The first-order valence-corrected chi connectivity index (χ1v) is 13.6. The third-order valence-electron chi connectivity index (χ3n) is 7.59. The summed E-state index contributed by atoms with van der Waals surface area (Å²) in [5, 5.41) is 0. The molecular formula is C33H40N2O3. The lowest BCUT2D eigenvalue weighted by Crippen LogP contribution is -2.51. The molecule has 0 N–H and O–H groups in total. The molecule has 200 valence electrons. The Hall–Kier alpha value is -3.44. The van der Waals surface area contributed by atoms with Gasteiger partial charge in [0, 0.05) is 19.1 Å². The van der Waals surface area contributed by atoms with Gasteiger partial charge in [0.25, 0.3) is 0 Å². The van der Waals surface area contributed by atoms with E-state index < -0.39 is 17.6 Å². The average molecular weight is 513 g/mol. The van der Waals surface area contributed by atoms with Crippen LogP contribution >= 0.6 is 0 Å². The fourth-order valence-electron chi connectivity index (χ4n) is 5.82. The van der Waals surface area contributed by atoms with E-state index in [4.69, 9.17) is 4.74 Å². The predicted octanol–water partition coefficient (Wildman–Crippen LogP) is 6.89. The van der Waals surface area contributed by atoms with E-state index in [2.05, 4.69) is 60.4 Å². The van der Waals surface area contributed by atoms with Gasteiger partial charge in [0.2, 0.25) is 5.91 Å². The zero-order valence-corrected chi connectivity index (χ0v) is 23.2. The number of imide groups is 1. The number of ether oxygens (including phenoxy) is 1. The molecule has 0 spiro atoms. The second-order valence-corrected chi connectivity index (χ2v) is 11.3. The van der Waals surface area contributed by atoms with Crippen molar-refractivity contribution < 1.29 is 14.3 Å². The lowest BCUT2D eigenvalue weighted by atomic mass is 9.87. The summed E-state index contributed by atoms with van der Waals surface area (Å²) in [7, 11) is 0. The van der Waals surface area contributed by atoms with Gasteiger partial charge in [-0.1, -0.05) is 105 Å². The van der Waals surface area contributed by atoms with E-state index in [1.807, 2.05) is 70.2 Å². The van der Waals surface area contributed by atoms with Crippen LogP contribution in [0.3, 0.4) is 0 Å². The van der Waals surface area contributed by atoms with E-state index in [0.29, 0.717) is 19.5 Å². The van der Waals surface area contributed by atoms with Crippen molar-refractivity contribution in [3.63, 3.8) is 0 Å². The Kier molecular flexibility index (Phi) is 8.68. The van der Waals surface area contributed by atoms with Gasteiger partial charge in [0.1, 0.15) is 5.60 Å². The van der Waals surface area contributed by atoms with Crippen LogP contribution < -0.4 is 0 Å². The molecule has 0 radical (unpaired) electrons. The Morgan fingerprint density at radius 1 is 0.868 bits per heavy atom. The first kappa shape index (κ1) is 27.6. The number of hydrogen-bond donors (Lipinski definition) is 0. The van der Waals surface area contributed by atoms with Crippen molar-refractivity contribution in [3.8, 4) is 0 Å². The summed E-state index contributed by atoms with van der Waals surface area (Å²) in [6.45, 7) is 11.3. The topological polar surface area (TPSA) is 49.9 Å². The lowest BCUT2D eigenvalue weighted by Gasteiger charge is -2.36. The third kappa shape index (κ3) is 6.33. The summed E-state index contributed by atoms with van der Waals surface area (Å²) in [5.74, 6) is -0.516. The molecule has 3 aromatic carbocycles. The smallest absolute Gasteiger partial charge is 0.417 e. The van der Waals surface area contributed by atoms with Crippen molar-refractivity contribution in [2.45, 2.75) is 65.3 Å². The van der Waals surface area contributed by atoms with Crippen molar-refractivity contribution in [1.82, 2.24) is 9.80 Å². The number of amides is 2. The van der Waals surface area contributed by atoms with E-state index in [1.54, 1.807) is 0 Å². The van der Waals surface area contributed by atoms with E-state index in [9.17, 15) is 9.59 Å². The van der Waals surface area contributed by atoms with Gasteiger partial charge in [-0.15, -0.1) is 0 Å².